The second kappa shape index (κ2) is 6.45. The normalized spacial score (nSPS) is 20.6. The van der Waals surface area contributed by atoms with Crippen molar-refractivity contribution in [1.29, 1.82) is 0 Å². The lowest BCUT2D eigenvalue weighted by molar-refractivity contribution is -0.130. The Morgan fingerprint density at radius 3 is 2.44 bits per heavy atom. The lowest BCUT2D eigenvalue weighted by atomic mass is 10.2. The van der Waals surface area contributed by atoms with E-state index in [0.717, 1.165) is 12.5 Å². The van der Waals surface area contributed by atoms with Crippen molar-refractivity contribution in [2.24, 2.45) is 5.92 Å². The summed E-state index contributed by atoms with van der Waals surface area (Å²) in [6.07, 6.45) is 7.67. The van der Waals surface area contributed by atoms with Gasteiger partial charge in [-0.05, 0) is 38.1 Å². The molecule has 2 aliphatic carbocycles. The zero-order valence-corrected chi connectivity index (χ0v) is 10.9. The summed E-state index contributed by atoms with van der Waals surface area (Å²) in [5.74, 6) is 1.12. The minimum absolute atomic E-state index is 0. The first kappa shape index (κ1) is 13.8. The maximum absolute atomic E-state index is 11.8. The summed E-state index contributed by atoms with van der Waals surface area (Å²) >= 11 is 0. The Labute approximate surface area is 104 Å². The molecule has 2 saturated carbocycles. The highest BCUT2D eigenvalue weighted by Gasteiger charge is 2.24. The zero-order valence-electron chi connectivity index (χ0n) is 10.1. The summed E-state index contributed by atoms with van der Waals surface area (Å²) < 4.78 is 0. The number of hydrogen-bond acceptors (Lipinski definition) is 2. The number of halogens is 1. The van der Waals surface area contributed by atoms with Crippen molar-refractivity contribution in [1.82, 2.24) is 10.2 Å². The molecule has 2 fully saturated rings. The Bertz CT molecular complexity index is 225. The van der Waals surface area contributed by atoms with Crippen LogP contribution in [0.3, 0.4) is 0 Å². The molecule has 0 aromatic rings. The molecular weight excluding hydrogens is 224 g/mol. The Morgan fingerprint density at radius 1 is 1.25 bits per heavy atom. The molecule has 2 aliphatic rings. The summed E-state index contributed by atoms with van der Waals surface area (Å²) in [5.41, 5.74) is 0. The second-order valence-corrected chi connectivity index (χ2v) is 5.02. The molecule has 0 unspecified atom stereocenters. The van der Waals surface area contributed by atoms with Crippen molar-refractivity contribution < 1.29 is 4.79 Å². The van der Waals surface area contributed by atoms with Crippen LogP contribution in [0.2, 0.25) is 0 Å². The maximum Gasteiger partial charge on any atom is 0.236 e. The molecule has 0 aliphatic heterocycles. The highest BCUT2D eigenvalue weighted by Crippen LogP contribution is 2.27. The summed E-state index contributed by atoms with van der Waals surface area (Å²) in [5, 5.41) is 3.26. The van der Waals surface area contributed by atoms with E-state index in [1.165, 1.54) is 38.5 Å². The lowest BCUT2D eigenvalue weighted by Gasteiger charge is -2.24. The first-order chi connectivity index (χ1) is 7.27. The fourth-order valence-corrected chi connectivity index (χ4v) is 2.33. The minimum atomic E-state index is 0. The highest BCUT2D eigenvalue weighted by molar-refractivity contribution is 5.85. The molecule has 3 nitrogen and oxygen atoms in total. The van der Waals surface area contributed by atoms with Gasteiger partial charge in [0.25, 0.3) is 0 Å². The number of hydrogen-bond donors (Lipinski definition) is 1. The van der Waals surface area contributed by atoms with Crippen LogP contribution in [0, 0.1) is 5.92 Å². The zero-order chi connectivity index (χ0) is 10.7. The van der Waals surface area contributed by atoms with E-state index >= 15 is 0 Å². The molecule has 0 atom stereocenters. The average molecular weight is 247 g/mol. The van der Waals surface area contributed by atoms with Crippen LogP contribution in [0.15, 0.2) is 0 Å². The van der Waals surface area contributed by atoms with Crippen molar-refractivity contribution >= 4 is 18.3 Å². The van der Waals surface area contributed by atoms with E-state index in [9.17, 15) is 4.79 Å². The molecule has 1 N–H and O–H groups in total. The Hall–Kier alpha value is -0.280. The lowest BCUT2D eigenvalue weighted by Crippen LogP contribution is -2.41. The molecule has 0 aromatic carbocycles. The molecule has 0 aromatic heterocycles. The molecule has 2 rings (SSSR count). The van der Waals surface area contributed by atoms with Crippen LogP contribution in [0.4, 0.5) is 0 Å². The number of nitrogens with one attached hydrogen (secondary N) is 1. The van der Waals surface area contributed by atoms with E-state index in [1.807, 2.05) is 11.9 Å². The van der Waals surface area contributed by atoms with E-state index in [1.54, 1.807) is 0 Å². The van der Waals surface area contributed by atoms with Gasteiger partial charge < -0.3 is 10.2 Å². The molecule has 0 bridgehead atoms. The summed E-state index contributed by atoms with van der Waals surface area (Å²) in [7, 11) is 1.96. The largest absolute Gasteiger partial charge is 0.342 e. The molecular formula is C12H23ClN2O. The molecule has 1 amide bonds. The van der Waals surface area contributed by atoms with E-state index in [-0.39, 0.29) is 18.3 Å². The number of carbonyl (C=O) groups is 1. The van der Waals surface area contributed by atoms with Crippen LogP contribution in [0.1, 0.15) is 38.5 Å². The third-order valence-electron chi connectivity index (χ3n) is 3.67. The fourth-order valence-electron chi connectivity index (χ4n) is 2.33. The van der Waals surface area contributed by atoms with Gasteiger partial charge in [-0.1, -0.05) is 12.8 Å². The van der Waals surface area contributed by atoms with E-state index in [4.69, 9.17) is 0 Å². The third-order valence-corrected chi connectivity index (χ3v) is 3.67. The minimum Gasteiger partial charge on any atom is -0.342 e. The number of amides is 1. The van der Waals surface area contributed by atoms with Gasteiger partial charge >= 0.3 is 0 Å². The molecule has 0 heterocycles. The van der Waals surface area contributed by atoms with Gasteiger partial charge in [-0.2, -0.15) is 0 Å². The van der Waals surface area contributed by atoms with Crippen molar-refractivity contribution in [3.8, 4) is 0 Å². The first-order valence-electron chi connectivity index (χ1n) is 6.24. The molecule has 16 heavy (non-hydrogen) atoms. The molecule has 4 heteroatoms. The number of rotatable bonds is 5. The predicted molar refractivity (Wildman–Crippen MR) is 67.9 cm³/mol. The van der Waals surface area contributed by atoms with E-state index in [0.29, 0.717) is 12.6 Å². The molecule has 0 saturated heterocycles. The average Bonchev–Trinajstić information content (AvgIpc) is 2.90. The highest BCUT2D eigenvalue weighted by atomic mass is 35.5. The first-order valence-corrected chi connectivity index (χ1v) is 6.24. The van der Waals surface area contributed by atoms with Crippen LogP contribution in [0.25, 0.3) is 0 Å². The van der Waals surface area contributed by atoms with Gasteiger partial charge in [0.15, 0.2) is 0 Å². The molecule has 0 spiro atoms. The van der Waals surface area contributed by atoms with Crippen molar-refractivity contribution in [2.75, 3.05) is 20.1 Å². The van der Waals surface area contributed by atoms with Gasteiger partial charge in [-0.3, -0.25) is 4.79 Å². The summed E-state index contributed by atoms with van der Waals surface area (Å²) in [6, 6.07) is 0.514. The quantitative estimate of drug-likeness (QED) is 0.803. The monoisotopic (exact) mass is 246 g/mol. The van der Waals surface area contributed by atoms with Gasteiger partial charge in [0.2, 0.25) is 5.91 Å². The van der Waals surface area contributed by atoms with Gasteiger partial charge in [0, 0.05) is 13.1 Å². The van der Waals surface area contributed by atoms with Gasteiger partial charge in [-0.25, -0.2) is 0 Å². The SMILES string of the molecule is CN(C(=O)CNCC1CC1)C1CCCC1.Cl. The standard InChI is InChI=1S/C12H22N2O.ClH/c1-14(11-4-2-3-5-11)12(15)9-13-8-10-6-7-10;/h10-11,13H,2-9H2,1H3;1H. The van der Waals surface area contributed by atoms with Crippen molar-refractivity contribution in [3.05, 3.63) is 0 Å². The molecule has 94 valence electrons. The van der Waals surface area contributed by atoms with Crippen molar-refractivity contribution in [2.45, 2.75) is 44.6 Å². The third kappa shape index (κ3) is 3.95. The Kier molecular flexibility index (Phi) is 5.56. The second-order valence-electron chi connectivity index (χ2n) is 5.02. The van der Waals surface area contributed by atoms with Gasteiger partial charge in [-0.15, -0.1) is 12.4 Å². The van der Waals surface area contributed by atoms with E-state index < -0.39 is 0 Å². The van der Waals surface area contributed by atoms with Crippen molar-refractivity contribution in [3.63, 3.8) is 0 Å². The van der Waals surface area contributed by atoms with E-state index in [2.05, 4.69) is 5.32 Å². The molecule has 0 radical (unpaired) electrons. The number of nitrogens with zero attached hydrogens (tertiary/aromatic N) is 1. The predicted octanol–water partition coefficient (Wildman–Crippen LogP) is 1.81. The fraction of sp³-hybridized carbons (Fsp3) is 0.917. The van der Waals surface area contributed by atoms with Crippen LogP contribution < -0.4 is 5.32 Å². The van der Waals surface area contributed by atoms with Crippen LogP contribution in [0.5, 0.6) is 0 Å². The Morgan fingerprint density at radius 2 is 1.88 bits per heavy atom. The van der Waals surface area contributed by atoms with Crippen LogP contribution in [-0.2, 0) is 4.79 Å². The summed E-state index contributed by atoms with van der Waals surface area (Å²) in [6.45, 7) is 1.56. The van der Waals surface area contributed by atoms with Gasteiger partial charge in [0.05, 0.1) is 6.54 Å². The Balaban J connectivity index is 0.00000128. The topological polar surface area (TPSA) is 32.3 Å². The number of likely N-dealkylation sites (N-methyl/N-ethyl adjacent to an activating group) is 1. The van der Waals surface area contributed by atoms with Crippen LogP contribution in [-0.4, -0.2) is 37.0 Å². The number of carbonyl (C=O) groups excluding carboxylic acids is 1. The van der Waals surface area contributed by atoms with Crippen LogP contribution >= 0.6 is 12.4 Å². The maximum atomic E-state index is 11.8. The van der Waals surface area contributed by atoms with Gasteiger partial charge in [0.1, 0.15) is 0 Å². The summed E-state index contributed by atoms with van der Waals surface area (Å²) in [4.78, 5) is 13.7. The smallest absolute Gasteiger partial charge is 0.236 e.